The summed E-state index contributed by atoms with van der Waals surface area (Å²) in [4.78, 5) is 16.8. The summed E-state index contributed by atoms with van der Waals surface area (Å²) in [6.45, 7) is 6.45. The van der Waals surface area contributed by atoms with Gasteiger partial charge in [0.25, 0.3) is 5.91 Å². The van der Waals surface area contributed by atoms with Crippen molar-refractivity contribution in [3.63, 3.8) is 0 Å². The minimum absolute atomic E-state index is 0.0958. The average molecular weight is 346 g/mol. The summed E-state index contributed by atoms with van der Waals surface area (Å²) in [6.07, 6.45) is 0. The van der Waals surface area contributed by atoms with Crippen molar-refractivity contribution in [2.75, 3.05) is 38.1 Å². The van der Waals surface area contributed by atoms with Gasteiger partial charge in [0.1, 0.15) is 0 Å². The molecule has 1 aromatic rings. The van der Waals surface area contributed by atoms with Crippen molar-refractivity contribution in [3.05, 3.63) is 34.3 Å². The van der Waals surface area contributed by atoms with Crippen LogP contribution in [-0.2, 0) is 0 Å². The number of nitrogens with zero attached hydrogens (tertiary/aromatic N) is 2. The van der Waals surface area contributed by atoms with Crippen LogP contribution in [0.1, 0.15) is 15.9 Å². The summed E-state index contributed by atoms with van der Waals surface area (Å²) in [5.74, 6) is 0.0958. The van der Waals surface area contributed by atoms with Gasteiger partial charge in [-0.25, -0.2) is 0 Å². The van der Waals surface area contributed by atoms with Gasteiger partial charge in [0.05, 0.1) is 0 Å². The Morgan fingerprint density at radius 2 is 2.00 bits per heavy atom. The molecular weight excluding hydrogens is 328 g/mol. The van der Waals surface area contributed by atoms with Gasteiger partial charge in [0.15, 0.2) is 0 Å². The third-order valence-corrected chi connectivity index (χ3v) is 4.08. The maximum Gasteiger partial charge on any atom is 0.254 e. The summed E-state index contributed by atoms with van der Waals surface area (Å²) in [6, 6.07) is 5.49. The molecule has 1 fully saturated rings. The van der Waals surface area contributed by atoms with Gasteiger partial charge in [-0.1, -0.05) is 33.6 Å². The van der Waals surface area contributed by atoms with Crippen LogP contribution < -0.4 is 0 Å². The highest BCUT2D eigenvalue weighted by Gasteiger charge is 2.22. The molecule has 1 aromatic carbocycles. The van der Waals surface area contributed by atoms with E-state index in [1.165, 1.54) is 0 Å². The lowest BCUT2D eigenvalue weighted by Crippen LogP contribution is -2.49. The quantitative estimate of drug-likeness (QED) is 0.787. The standard InChI is InChI=1S/C14H18BrClN2O/c1-11-2-3-12(16)10-13(11)14(19)18-8-6-17(5-4-15)7-9-18/h2-3,10H,4-9H2,1H3. The number of piperazine rings is 1. The number of amides is 1. The van der Waals surface area contributed by atoms with Crippen molar-refractivity contribution in [1.82, 2.24) is 9.80 Å². The molecule has 104 valence electrons. The van der Waals surface area contributed by atoms with Gasteiger partial charge in [-0.3, -0.25) is 9.69 Å². The van der Waals surface area contributed by atoms with Crippen LogP contribution >= 0.6 is 27.5 Å². The highest BCUT2D eigenvalue weighted by Crippen LogP contribution is 2.18. The number of halogens is 2. The average Bonchev–Trinajstić information content (AvgIpc) is 2.42. The van der Waals surface area contributed by atoms with E-state index in [0.29, 0.717) is 5.02 Å². The summed E-state index contributed by atoms with van der Waals surface area (Å²) < 4.78 is 0. The molecule has 1 aliphatic heterocycles. The first-order chi connectivity index (χ1) is 9.11. The van der Waals surface area contributed by atoms with Crippen molar-refractivity contribution < 1.29 is 4.79 Å². The van der Waals surface area contributed by atoms with Crippen LogP contribution in [0.3, 0.4) is 0 Å². The smallest absolute Gasteiger partial charge is 0.254 e. The van der Waals surface area contributed by atoms with E-state index >= 15 is 0 Å². The molecule has 0 radical (unpaired) electrons. The molecule has 0 N–H and O–H groups in total. The Kier molecular flexibility index (Phi) is 5.25. The molecule has 0 aromatic heterocycles. The number of aryl methyl sites for hydroxylation is 1. The van der Waals surface area contributed by atoms with Crippen molar-refractivity contribution in [1.29, 1.82) is 0 Å². The third kappa shape index (κ3) is 3.71. The van der Waals surface area contributed by atoms with Crippen molar-refractivity contribution in [2.24, 2.45) is 0 Å². The topological polar surface area (TPSA) is 23.6 Å². The number of alkyl halides is 1. The maximum atomic E-state index is 12.5. The second-order valence-electron chi connectivity index (χ2n) is 4.78. The Morgan fingerprint density at radius 3 is 2.63 bits per heavy atom. The Bertz CT molecular complexity index is 459. The van der Waals surface area contributed by atoms with Gasteiger partial charge < -0.3 is 4.90 Å². The molecule has 1 saturated heterocycles. The summed E-state index contributed by atoms with van der Waals surface area (Å²) in [5.41, 5.74) is 1.71. The lowest BCUT2D eigenvalue weighted by Gasteiger charge is -2.34. The van der Waals surface area contributed by atoms with Crippen LogP contribution in [-0.4, -0.2) is 53.8 Å². The van der Waals surface area contributed by atoms with Crippen molar-refractivity contribution >= 4 is 33.4 Å². The first kappa shape index (κ1) is 14.8. The van der Waals surface area contributed by atoms with Crippen LogP contribution in [0.5, 0.6) is 0 Å². The Labute approximate surface area is 127 Å². The number of carbonyl (C=O) groups is 1. The minimum Gasteiger partial charge on any atom is -0.336 e. The first-order valence-electron chi connectivity index (χ1n) is 6.45. The predicted octanol–water partition coefficient (Wildman–Crippen LogP) is 2.80. The fraction of sp³-hybridized carbons (Fsp3) is 0.500. The second-order valence-corrected chi connectivity index (χ2v) is 6.01. The van der Waals surface area contributed by atoms with Crippen molar-refractivity contribution in [3.8, 4) is 0 Å². The van der Waals surface area contributed by atoms with Gasteiger partial charge in [-0.15, -0.1) is 0 Å². The zero-order valence-electron chi connectivity index (χ0n) is 11.0. The molecule has 1 heterocycles. The Hall–Kier alpha value is -0.580. The predicted molar refractivity (Wildman–Crippen MR) is 82.3 cm³/mol. The molecule has 1 amide bonds. The summed E-state index contributed by atoms with van der Waals surface area (Å²) >= 11 is 9.43. The van der Waals surface area contributed by atoms with Gasteiger partial charge >= 0.3 is 0 Å². The number of hydrogen-bond donors (Lipinski definition) is 0. The Balaban J connectivity index is 2.03. The van der Waals surface area contributed by atoms with Gasteiger partial charge in [0.2, 0.25) is 0 Å². The highest BCUT2D eigenvalue weighted by atomic mass is 79.9. The molecule has 1 aliphatic rings. The highest BCUT2D eigenvalue weighted by molar-refractivity contribution is 9.09. The second kappa shape index (κ2) is 6.73. The molecule has 0 aliphatic carbocycles. The van der Waals surface area contributed by atoms with Crippen LogP contribution in [0.2, 0.25) is 5.02 Å². The SMILES string of the molecule is Cc1ccc(Cl)cc1C(=O)N1CCN(CCBr)CC1. The van der Waals surface area contributed by atoms with E-state index in [1.54, 1.807) is 6.07 Å². The first-order valence-corrected chi connectivity index (χ1v) is 7.95. The van der Waals surface area contributed by atoms with E-state index in [9.17, 15) is 4.79 Å². The third-order valence-electron chi connectivity index (χ3n) is 3.49. The fourth-order valence-corrected chi connectivity index (χ4v) is 2.96. The summed E-state index contributed by atoms with van der Waals surface area (Å²) in [5, 5.41) is 1.60. The van der Waals surface area contributed by atoms with E-state index in [2.05, 4.69) is 20.8 Å². The van der Waals surface area contributed by atoms with Gasteiger partial charge in [0, 0.05) is 48.6 Å². The van der Waals surface area contributed by atoms with Crippen LogP contribution in [0.25, 0.3) is 0 Å². The molecule has 0 saturated carbocycles. The van der Waals surface area contributed by atoms with E-state index in [0.717, 1.165) is 49.2 Å². The molecule has 0 spiro atoms. The number of carbonyl (C=O) groups excluding carboxylic acids is 1. The Morgan fingerprint density at radius 1 is 1.32 bits per heavy atom. The van der Waals surface area contributed by atoms with E-state index in [4.69, 9.17) is 11.6 Å². The molecule has 3 nitrogen and oxygen atoms in total. The number of rotatable bonds is 3. The largest absolute Gasteiger partial charge is 0.336 e. The fourth-order valence-electron chi connectivity index (χ4n) is 2.29. The molecular formula is C14H18BrClN2O. The molecule has 0 unspecified atom stereocenters. The molecule has 0 bridgehead atoms. The maximum absolute atomic E-state index is 12.5. The molecule has 0 atom stereocenters. The van der Waals surface area contributed by atoms with Crippen LogP contribution in [0.15, 0.2) is 18.2 Å². The van der Waals surface area contributed by atoms with Crippen molar-refractivity contribution in [2.45, 2.75) is 6.92 Å². The lowest BCUT2D eigenvalue weighted by atomic mass is 10.1. The van der Waals surface area contributed by atoms with E-state index < -0.39 is 0 Å². The van der Waals surface area contributed by atoms with E-state index in [-0.39, 0.29) is 5.91 Å². The summed E-state index contributed by atoms with van der Waals surface area (Å²) in [7, 11) is 0. The van der Waals surface area contributed by atoms with Gasteiger partial charge in [-0.2, -0.15) is 0 Å². The molecule has 19 heavy (non-hydrogen) atoms. The minimum atomic E-state index is 0.0958. The lowest BCUT2D eigenvalue weighted by molar-refractivity contribution is 0.0644. The van der Waals surface area contributed by atoms with Gasteiger partial charge in [-0.05, 0) is 24.6 Å². The normalized spacial score (nSPS) is 16.7. The zero-order chi connectivity index (χ0) is 13.8. The number of hydrogen-bond acceptors (Lipinski definition) is 2. The van der Waals surface area contributed by atoms with E-state index in [1.807, 2.05) is 24.0 Å². The number of benzene rings is 1. The van der Waals surface area contributed by atoms with Crippen LogP contribution in [0.4, 0.5) is 0 Å². The monoisotopic (exact) mass is 344 g/mol. The van der Waals surface area contributed by atoms with Crippen LogP contribution in [0, 0.1) is 6.92 Å². The zero-order valence-corrected chi connectivity index (χ0v) is 13.4. The molecule has 2 rings (SSSR count). The molecule has 5 heteroatoms.